The highest BCUT2D eigenvalue weighted by atomic mass is 16.1. The number of rotatable bonds is 4. The van der Waals surface area contributed by atoms with Gasteiger partial charge in [-0.1, -0.05) is 0 Å². The SMILES string of the molecule is Cc1cc(C=O)c(C)n1CCn1ccnc1. The average molecular weight is 217 g/mol. The first-order chi connectivity index (χ1) is 7.72. The van der Waals surface area contributed by atoms with Gasteiger partial charge in [-0.05, 0) is 19.9 Å². The molecule has 0 unspecified atom stereocenters. The van der Waals surface area contributed by atoms with E-state index in [1.807, 2.05) is 30.7 Å². The maximum absolute atomic E-state index is 10.8. The fourth-order valence-corrected chi connectivity index (χ4v) is 1.93. The number of nitrogens with zero attached hydrogens (tertiary/aromatic N) is 3. The van der Waals surface area contributed by atoms with Crippen molar-refractivity contribution in [3.8, 4) is 0 Å². The molecule has 0 bridgehead atoms. The second kappa shape index (κ2) is 4.35. The highest BCUT2D eigenvalue weighted by Crippen LogP contribution is 2.13. The van der Waals surface area contributed by atoms with Gasteiger partial charge in [0.25, 0.3) is 0 Å². The monoisotopic (exact) mass is 217 g/mol. The molecule has 0 atom stereocenters. The maximum atomic E-state index is 10.8. The summed E-state index contributed by atoms with van der Waals surface area (Å²) >= 11 is 0. The second-order valence-corrected chi connectivity index (χ2v) is 3.90. The van der Waals surface area contributed by atoms with Crippen LogP contribution in [0.1, 0.15) is 21.7 Å². The lowest BCUT2D eigenvalue weighted by atomic mass is 10.3. The molecule has 2 rings (SSSR count). The summed E-state index contributed by atoms with van der Waals surface area (Å²) in [6, 6.07) is 1.93. The van der Waals surface area contributed by atoms with Gasteiger partial charge in [-0.15, -0.1) is 0 Å². The first-order valence-electron chi connectivity index (χ1n) is 5.30. The van der Waals surface area contributed by atoms with Crippen LogP contribution in [0.3, 0.4) is 0 Å². The van der Waals surface area contributed by atoms with Gasteiger partial charge < -0.3 is 9.13 Å². The minimum Gasteiger partial charge on any atom is -0.347 e. The van der Waals surface area contributed by atoms with E-state index in [4.69, 9.17) is 0 Å². The summed E-state index contributed by atoms with van der Waals surface area (Å²) in [5.41, 5.74) is 2.94. The lowest BCUT2D eigenvalue weighted by Crippen LogP contribution is -2.08. The topological polar surface area (TPSA) is 39.8 Å². The van der Waals surface area contributed by atoms with Crippen LogP contribution in [0.15, 0.2) is 24.8 Å². The van der Waals surface area contributed by atoms with Gasteiger partial charge in [0, 0.05) is 42.4 Å². The van der Waals surface area contributed by atoms with Crippen molar-refractivity contribution in [3.63, 3.8) is 0 Å². The summed E-state index contributed by atoms with van der Waals surface area (Å²) < 4.78 is 4.18. The number of aromatic nitrogens is 3. The van der Waals surface area contributed by atoms with Crippen LogP contribution in [0.4, 0.5) is 0 Å². The Balaban J connectivity index is 2.15. The number of carbonyl (C=O) groups is 1. The molecule has 0 saturated carbocycles. The second-order valence-electron chi connectivity index (χ2n) is 3.90. The van der Waals surface area contributed by atoms with Gasteiger partial charge in [0.05, 0.1) is 6.33 Å². The zero-order chi connectivity index (χ0) is 11.5. The number of hydrogen-bond donors (Lipinski definition) is 0. The highest BCUT2D eigenvalue weighted by Gasteiger charge is 2.07. The van der Waals surface area contributed by atoms with E-state index in [0.717, 1.165) is 36.3 Å². The highest BCUT2D eigenvalue weighted by molar-refractivity contribution is 5.77. The molecule has 16 heavy (non-hydrogen) atoms. The van der Waals surface area contributed by atoms with Gasteiger partial charge in [0.15, 0.2) is 6.29 Å². The number of aldehydes is 1. The van der Waals surface area contributed by atoms with Crippen molar-refractivity contribution in [3.05, 3.63) is 41.7 Å². The van der Waals surface area contributed by atoms with Crippen molar-refractivity contribution in [2.24, 2.45) is 0 Å². The van der Waals surface area contributed by atoms with Crippen LogP contribution in [0, 0.1) is 13.8 Å². The van der Waals surface area contributed by atoms with Crippen molar-refractivity contribution in [2.45, 2.75) is 26.9 Å². The standard InChI is InChI=1S/C12H15N3O/c1-10-7-12(8-16)11(2)15(10)6-5-14-4-3-13-9-14/h3-4,7-9H,5-6H2,1-2H3. The normalized spacial score (nSPS) is 10.6. The Kier molecular flexibility index (Phi) is 2.90. The Bertz CT molecular complexity index is 483. The van der Waals surface area contributed by atoms with E-state index in [-0.39, 0.29) is 0 Å². The minimum atomic E-state index is 0.781. The van der Waals surface area contributed by atoms with E-state index in [1.54, 1.807) is 12.5 Å². The largest absolute Gasteiger partial charge is 0.347 e. The summed E-state index contributed by atoms with van der Waals surface area (Å²) in [5.74, 6) is 0. The van der Waals surface area contributed by atoms with Crippen molar-refractivity contribution in [2.75, 3.05) is 0 Å². The molecule has 0 aliphatic carbocycles. The van der Waals surface area contributed by atoms with Crippen molar-refractivity contribution >= 4 is 6.29 Å². The van der Waals surface area contributed by atoms with Gasteiger partial charge in [-0.25, -0.2) is 4.98 Å². The third kappa shape index (κ3) is 1.91. The first-order valence-corrected chi connectivity index (χ1v) is 5.30. The van der Waals surface area contributed by atoms with E-state index in [9.17, 15) is 4.79 Å². The van der Waals surface area contributed by atoms with Crippen LogP contribution in [0.25, 0.3) is 0 Å². The molecule has 2 heterocycles. The predicted octanol–water partition coefficient (Wildman–Crippen LogP) is 1.81. The summed E-state index contributed by atoms with van der Waals surface area (Å²) in [4.78, 5) is 14.8. The molecule has 0 saturated heterocycles. The fraction of sp³-hybridized carbons (Fsp3) is 0.333. The van der Waals surface area contributed by atoms with Gasteiger partial charge in [-0.3, -0.25) is 4.79 Å². The molecule has 2 aromatic heterocycles. The molecule has 4 heteroatoms. The lowest BCUT2D eigenvalue weighted by Gasteiger charge is -2.09. The number of carbonyl (C=O) groups excluding carboxylic acids is 1. The quantitative estimate of drug-likeness (QED) is 0.733. The van der Waals surface area contributed by atoms with Crippen LogP contribution < -0.4 is 0 Å². The molecule has 84 valence electrons. The van der Waals surface area contributed by atoms with Gasteiger partial charge in [-0.2, -0.15) is 0 Å². The molecule has 0 N–H and O–H groups in total. The molecule has 0 aromatic carbocycles. The predicted molar refractivity (Wildman–Crippen MR) is 61.5 cm³/mol. The molecule has 0 aliphatic rings. The van der Waals surface area contributed by atoms with Crippen molar-refractivity contribution < 1.29 is 4.79 Å². The molecular formula is C12H15N3O. The van der Waals surface area contributed by atoms with E-state index >= 15 is 0 Å². The van der Waals surface area contributed by atoms with Gasteiger partial charge in [0.1, 0.15) is 0 Å². The van der Waals surface area contributed by atoms with Gasteiger partial charge in [0.2, 0.25) is 0 Å². The van der Waals surface area contributed by atoms with Crippen LogP contribution >= 0.6 is 0 Å². The summed E-state index contributed by atoms with van der Waals surface area (Å²) in [6.45, 7) is 5.73. The summed E-state index contributed by atoms with van der Waals surface area (Å²) in [7, 11) is 0. The number of imidazole rings is 1. The Labute approximate surface area is 94.5 Å². The first kappa shape index (κ1) is 10.7. The Morgan fingerprint density at radius 2 is 2.19 bits per heavy atom. The third-order valence-electron chi connectivity index (χ3n) is 2.88. The summed E-state index contributed by atoms with van der Waals surface area (Å²) in [5, 5.41) is 0. The lowest BCUT2D eigenvalue weighted by molar-refractivity contribution is 0.112. The van der Waals surface area contributed by atoms with Crippen LogP contribution in [0.2, 0.25) is 0 Å². The molecule has 0 amide bonds. The average Bonchev–Trinajstić information content (AvgIpc) is 2.86. The molecule has 0 radical (unpaired) electrons. The maximum Gasteiger partial charge on any atom is 0.151 e. The zero-order valence-corrected chi connectivity index (χ0v) is 9.55. The number of hydrogen-bond acceptors (Lipinski definition) is 2. The molecule has 0 aliphatic heterocycles. The number of aryl methyl sites for hydroxylation is 2. The smallest absolute Gasteiger partial charge is 0.151 e. The van der Waals surface area contributed by atoms with Crippen LogP contribution in [-0.2, 0) is 13.1 Å². The van der Waals surface area contributed by atoms with E-state index in [2.05, 4.69) is 9.55 Å². The zero-order valence-electron chi connectivity index (χ0n) is 9.55. The van der Waals surface area contributed by atoms with Crippen LogP contribution in [0.5, 0.6) is 0 Å². The fourth-order valence-electron chi connectivity index (χ4n) is 1.93. The third-order valence-corrected chi connectivity index (χ3v) is 2.88. The summed E-state index contributed by atoms with van der Waals surface area (Å²) in [6.07, 6.45) is 6.42. The van der Waals surface area contributed by atoms with Crippen molar-refractivity contribution in [1.82, 2.24) is 14.1 Å². The van der Waals surface area contributed by atoms with E-state index < -0.39 is 0 Å². The van der Waals surface area contributed by atoms with E-state index in [1.165, 1.54) is 0 Å². The molecule has 0 spiro atoms. The minimum absolute atomic E-state index is 0.781. The Morgan fingerprint density at radius 1 is 1.38 bits per heavy atom. The Hall–Kier alpha value is -1.84. The molecule has 2 aromatic rings. The Morgan fingerprint density at radius 3 is 2.75 bits per heavy atom. The van der Waals surface area contributed by atoms with Crippen LogP contribution in [-0.4, -0.2) is 20.4 Å². The van der Waals surface area contributed by atoms with E-state index in [0.29, 0.717) is 0 Å². The van der Waals surface area contributed by atoms with Gasteiger partial charge >= 0.3 is 0 Å². The molecule has 0 fully saturated rings. The molecular weight excluding hydrogens is 202 g/mol. The van der Waals surface area contributed by atoms with Crippen molar-refractivity contribution in [1.29, 1.82) is 0 Å². The molecule has 4 nitrogen and oxygen atoms in total.